The van der Waals surface area contributed by atoms with Gasteiger partial charge in [0.1, 0.15) is 0 Å². The van der Waals surface area contributed by atoms with Gasteiger partial charge in [0.25, 0.3) is 0 Å². The Bertz CT molecular complexity index is 938. The van der Waals surface area contributed by atoms with Crippen LogP contribution in [0.3, 0.4) is 0 Å². The smallest absolute Gasteiger partial charge is 0.417 e. The molecule has 9 heteroatoms. The number of amides is 1. The predicted molar refractivity (Wildman–Crippen MR) is 107 cm³/mol. The van der Waals surface area contributed by atoms with Crippen molar-refractivity contribution in [2.45, 2.75) is 57.5 Å². The van der Waals surface area contributed by atoms with E-state index in [2.05, 4.69) is 15.0 Å². The van der Waals surface area contributed by atoms with Crippen molar-refractivity contribution in [1.29, 1.82) is 0 Å². The first kappa shape index (κ1) is 23.4. The number of carbonyl (C=O) groups is 2. The number of rotatable bonds is 10. The number of alkyl halides is 3. The third kappa shape index (κ3) is 7.20. The average Bonchev–Trinajstić information content (AvgIpc) is 2.68. The molecule has 2 N–H and O–H groups in total. The number of H-pyrrole nitrogens is 1. The van der Waals surface area contributed by atoms with E-state index < -0.39 is 17.3 Å². The number of anilines is 1. The van der Waals surface area contributed by atoms with Crippen molar-refractivity contribution in [3.05, 3.63) is 40.2 Å². The molecule has 6 nitrogen and oxygen atoms in total. The molecule has 1 aromatic heterocycles. The fourth-order valence-corrected chi connectivity index (χ4v) is 3.15. The molecule has 1 heterocycles. The maximum atomic E-state index is 13.2. The van der Waals surface area contributed by atoms with Gasteiger partial charge in [0, 0.05) is 35.5 Å². The summed E-state index contributed by atoms with van der Waals surface area (Å²) in [5, 5.41) is 2.43. The molecule has 0 radical (unpaired) electrons. The molecule has 0 aliphatic rings. The SMILES string of the molecule is COC(=O)CCCCCCCCC(=O)Nc1ccc2[nH]c(=O)cc(C(F)(F)F)c2c1. The van der Waals surface area contributed by atoms with Gasteiger partial charge >= 0.3 is 12.1 Å². The minimum absolute atomic E-state index is 0.0556. The normalized spacial score (nSPS) is 11.5. The van der Waals surface area contributed by atoms with E-state index in [0.717, 1.165) is 32.1 Å². The fraction of sp³-hybridized carbons (Fsp3) is 0.476. The first-order valence-electron chi connectivity index (χ1n) is 9.81. The van der Waals surface area contributed by atoms with E-state index in [4.69, 9.17) is 0 Å². The summed E-state index contributed by atoms with van der Waals surface area (Å²) in [6, 6.07) is 4.53. The lowest BCUT2D eigenvalue weighted by Gasteiger charge is -2.12. The molecule has 0 unspecified atom stereocenters. The summed E-state index contributed by atoms with van der Waals surface area (Å²) in [4.78, 5) is 36.9. The largest absolute Gasteiger partial charge is 0.469 e. The van der Waals surface area contributed by atoms with Crippen LogP contribution in [0.5, 0.6) is 0 Å². The van der Waals surface area contributed by atoms with Gasteiger partial charge in [-0.1, -0.05) is 25.7 Å². The van der Waals surface area contributed by atoms with Crippen LogP contribution in [-0.4, -0.2) is 24.0 Å². The van der Waals surface area contributed by atoms with Crippen molar-refractivity contribution in [1.82, 2.24) is 4.98 Å². The number of unbranched alkanes of at least 4 members (excludes halogenated alkanes) is 5. The first-order chi connectivity index (χ1) is 14.2. The molecule has 30 heavy (non-hydrogen) atoms. The molecule has 0 saturated carbocycles. The minimum atomic E-state index is -4.67. The van der Waals surface area contributed by atoms with E-state index >= 15 is 0 Å². The van der Waals surface area contributed by atoms with E-state index in [1.807, 2.05) is 0 Å². The number of methoxy groups -OCH3 is 1. The molecule has 0 bridgehead atoms. The number of ether oxygens (including phenoxy) is 1. The Morgan fingerprint density at radius 2 is 1.63 bits per heavy atom. The van der Waals surface area contributed by atoms with Gasteiger partial charge in [-0.25, -0.2) is 0 Å². The maximum absolute atomic E-state index is 13.2. The van der Waals surface area contributed by atoms with Crippen molar-refractivity contribution in [3.8, 4) is 0 Å². The van der Waals surface area contributed by atoms with Crippen LogP contribution in [0.2, 0.25) is 0 Å². The zero-order chi connectivity index (χ0) is 22.1. The summed E-state index contributed by atoms with van der Waals surface area (Å²) in [6.07, 6.45) is 1.11. The van der Waals surface area contributed by atoms with Crippen LogP contribution in [-0.2, 0) is 20.5 Å². The Hall–Kier alpha value is -2.84. The second-order valence-electron chi connectivity index (χ2n) is 7.05. The standard InChI is InChI=1S/C21H25F3N2O4/c1-30-20(29)9-7-5-3-2-4-6-8-18(27)25-14-10-11-17-15(12-14)16(21(22,23)24)13-19(28)26-17/h10-13H,2-9H2,1H3,(H,25,27)(H,26,28). The molecule has 0 aliphatic carbocycles. The van der Waals surface area contributed by atoms with Gasteiger partial charge in [-0.2, -0.15) is 13.2 Å². The molecule has 0 aliphatic heterocycles. The van der Waals surface area contributed by atoms with Gasteiger partial charge in [-0.05, 0) is 31.0 Å². The number of fused-ring (bicyclic) bond motifs is 1. The van der Waals surface area contributed by atoms with Crippen molar-refractivity contribution in [2.75, 3.05) is 12.4 Å². The molecule has 2 rings (SSSR count). The second-order valence-corrected chi connectivity index (χ2v) is 7.05. The average molecular weight is 426 g/mol. The molecule has 0 spiro atoms. The Morgan fingerprint density at radius 1 is 1.00 bits per heavy atom. The zero-order valence-electron chi connectivity index (χ0n) is 16.7. The highest BCUT2D eigenvalue weighted by Gasteiger charge is 2.33. The summed E-state index contributed by atoms with van der Waals surface area (Å²) in [5.41, 5.74) is -1.57. The number of carbonyl (C=O) groups excluding carboxylic acids is 2. The minimum Gasteiger partial charge on any atom is -0.469 e. The number of hydrogen-bond donors (Lipinski definition) is 2. The molecular formula is C21H25F3N2O4. The number of halogens is 3. The van der Waals surface area contributed by atoms with Crippen LogP contribution in [0.4, 0.5) is 18.9 Å². The monoisotopic (exact) mass is 426 g/mol. The van der Waals surface area contributed by atoms with Gasteiger partial charge in [-0.15, -0.1) is 0 Å². The van der Waals surface area contributed by atoms with Crippen LogP contribution in [0.1, 0.15) is 56.9 Å². The van der Waals surface area contributed by atoms with Gasteiger partial charge in [0.2, 0.25) is 11.5 Å². The number of aromatic amines is 1. The first-order valence-corrected chi connectivity index (χ1v) is 9.81. The highest BCUT2D eigenvalue weighted by atomic mass is 19.4. The van der Waals surface area contributed by atoms with Crippen LogP contribution in [0.25, 0.3) is 10.9 Å². The lowest BCUT2D eigenvalue weighted by Crippen LogP contribution is -2.15. The fourth-order valence-electron chi connectivity index (χ4n) is 3.15. The van der Waals surface area contributed by atoms with Crippen LogP contribution in [0, 0.1) is 0 Å². The number of aromatic nitrogens is 1. The summed E-state index contributed by atoms with van der Waals surface area (Å²) in [5.74, 6) is -0.493. The number of hydrogen-bond acceptors (Lipinski definition) is 4. The van der Waals surface area contributed by atoms with E-state index in [1.165, 1.54) is 25.3 Å². The predicted octanol–water partition coefficient (Wildman–Crippen LogP) is 4.78. The van der Waals surface area contributed by atoms with Crippen LogP contribution in [0.15, 0.2) is 29.1 Å². The molecule has 0 atom stereocenters. The molecular weight excluding hydrogens is 401 g/mol. The van der Waals surface area contributed by atoms with Gasteiger partial charge in [0.05, 0.1) is 12.7 Å². The summed E-state index contributed by atoms with van der Waals surface area (Å²) in [6.45, 7) is 0. The summed E-state index contributed by atoms with van der Waals surface area (Å²) in [7, 11) is 1.36. The Morgan fingerprint density at radius 3 is 2.27 bits per heavy atom. The number of benzene rings is 1. The van der Waals surface area contributed by atoms with E-state index in [1.54, 1.807) is 0 Å². The van der Waals surface area contributed by atoms with Crippen molar-refractivity contribution in [3.63, 3.8) is 0 Å². The van der Waals surface area contributed by atoms with Gasteiger partial charge in [0.15, 0.2) is 0 Å². The maximum Gasteiger partial charge on any atom is 0.417 e. The third-order valence-corrected chi connectivity index (χ3v) is 4.69. The van der Waals surface area contributed by atoms with Crippen LogP contribution >= 0.6 is 0 Å². The summed E-state index contributed by atoms with van der Waals surface area (Å²) < 4.78 is 44.2. The van der Waals surface area contributed by atoms with Crippen molar-refractivity contribution >= 4 is 28.5 Å². The third-order valence-electron chi connectivity index (χ3n) is 4.69. The van der Waals surface area contributed by atoms with Crippen molar-refractivity contribution < 1.29 is 27.5 Å². The number of esters is 1. The molecule has 0 saturated heterocycles. The lowest BCUT2D eigenvalue weighted by atomic mass is 10.1. The molecule has 0 fully saturated rings. The molecule has 1 aromatic carbocycles. The zero-order valence-corrected chi connectivity index (χ0v) is 16.7. The molecule has 2 aromatic rings. The molecule has 164 valence electrons. The van der Waals surface area contributed by atoms with E-state index in [-0.39, 0.29) is 34.9 Å². The molecule has 1 amide bonds. The Kier molecular flexibility index (Phi) is 8.44. The highest BCUT2D eigenvalue weighted by molar-refractivity contribution is 5.94. The van der Waals surface area contributed by atoms with E-state index in [9.17, 15) is 27.6 Å². The second kappa shape index (κ2) is 10.8. The number of pyridine rings is 1. The van der Waals surface area contributed by atoms with Crippen molar-refractivity contribution in [2.24, 2.45) is 0 Å². The topological polar surface area (TPSA) is 88.3 Å². The summed E-state index contributed by atoms with van der Waals surface area (Å²) >= 11 is 0. The Labute approximate surface area is 171 Å². The quantitative estimate of drug-likeness (QED) is 0.423. The lowest BCUT2D eigenvalue weighted by molar-refractivity contribution is -0.140. The number of nitrogens with one attached hydrogen (secondary N) is 2. The van der Waals surface area contributed by atoms with E-state index in [0.29, 0.717) is 18.9 Å². The van der Waals surface area contributed by atoms with Gasteiger partial charge in [-0.3, -0.25) is 14.4 Å². The van der Waals surface area contributed by atoms with Gasteiger partial charge < -0.3 is 15.0 Å². The highest BCUT2D eigenvalue weighted by Crippen LogP contribution is 2.34. The van der Waals surface area contributed by atoms with Crippen LogP contribution < -0.4 is 10.9 Å². The Balaban J connectivity index is 1.82.